The van der Waals surface area contributed by atoms with Crippen molar-refractivity contribution in [2.45, 2.75) is 46.0 Å². The standard InChI is InChI=1S/C24H31N/c1-20-9-6-10-21(2)24(20)15-14-23-12-7-11-22(19-23)13-8-18-25-16-4-3-5-17-25/h6-7,9-12,14-15,19H,3-5,8,13,16-18H2,1-2H3/b15-14-. The first-order chi connectivity index (χ1) is 12.2. The Labute approximate surface area is 153 Å². The molecular weight excluding hydrogens is 302 g/mol. The molecule has 0 aromatic heterocycles. The van der Waals surface area contributed by atoms with Gasteiger partial charge >= 0.3 is 0 Å². The Hall–Kier alpha value is -1.86. The van der Waals surface area contributed by atoms with E-state index in [2.05, 4.69) is 73.4 Å². The smallest absolute Gasteiger partial charge is 0.00156 e. The summed E-state index contributed by atoms with van der Waals surface area (Å²) in [4.78, 5) is 2.63. The topological polar surface area (TPSA) is 3.24 Å². The molecule has 1 saturated heterocycles. The zero-order valence-electron chi connectivity index (χ0n) is 15.8. The molecule has 0 spiro atoms. The number of benzene rings is 2. The first kappa shape index (κ1) is 17.9. The lowest BCUT2D eigenvalue weighted by Gasteiger charge is -2.26. The molecule has 0 N–H and O–H groups in total. The first-order valence-corrected chi connectivity index (χ1v) is 9.78. The molecule has 132 valence electrons. The molecule has 1 nitrogen and oxygen atoms in total. The molecular formula is C24H31N. The van der Waals surface area contributed by atoms with Crippen LogP contribution in [0.3, 0.4) is 0 Å². The molecule has 0 aliphatic carbocycles. The molecule has 0 unspecified atom stereocenters. The number of hydrogen-bond acceptors (Lipinski definition) is 1. The quantitative estimate of drug-likeness (QED) is 0.596. The van der Waals surface area contributed by atoms with Crippen molar-refractivity contribution in [2.24, 2.45) is 0 Å². The largest absolute Gasteiger partial charge is 0.303 e. The second-order valence-electron chi connectivity index (χ2n) is 7.39. The maximum atomic E-state index is 2.63. The average Bonchev–Trinajstić information content (AvgIpc) is 2.63. The van der Waals surface area contributed by atoms with Crippen LogP contribution in [-0.4, -0.2) is 24.5 Å². The molecule has 0 bridgehead atoms. The van der Waals surface area contributed by atoms with Crippen molar-refractivity contribution < 1.29 is 0 Å². The van der Waals surface area contributed by atoms with Crippen molar-refractivity contribution in [3.05, 3.63) is 70.3 Å². The Morgan fingerprint density at radius 2 is 1.60 bits per heavy atom. The van der Waals surface area contributed by atoms with Gasteiger partial charge in [0.25, 0.3) is 0 Å². The van der Waals surface area contributed by atoms with Gasteiger partial charge in [-0.3, -0.25) is 0 Å². The van der Waals surface area contributed by atoms with Gasteiger partial charge in [0.05, 0.1) is 0 Å². The van der Waals surface area contributed by atoms with Gasteiger partial charge in [0.1, 0.15) is 0 Å². The van der Waals surface area contributed by atoms with Gasteiger partial charge in [-0.2, -0.15) is 0 Å². The normalized spacial score (nSPS) is 15.8. The average molecular weight is 334 g/mol. The van der Waals surface area contributed by atoms with Crippen LogP contribution < -0.4 is 0 Å². The lowest BCUT2D eigenvalue weighted by molar-refractivity contribution is 0.226. The predicted molar refractivity (Wildman–Crippen MR) is 110 cm³/mol. The highest BCUT2D eigenvalue weighted by Crippen LogP contribution is 2.18. The Morgan fingerprint density at radius 3 is 2.36 bits per heavy atom. The van der Waals surface area contributed by atoms with E-state index in [4.69, 9.17) is 0 Å². The van der Waals surface area contributed by atoms with E-state index in [1.807, 2.05) is 0 Å². The SMILES string of the molecule is Cc1cccc(C)c1/C=C\c1cccc(CCCN2CCCCC2)c1. The lowest BCUT2D eigenvalue weighted by atomic mass is 10.0. The number of nitrogens with zero attached hydrogens (tertiary/aromatic N) is 1. The third kappa shape index (κ3) is 5.31. The minimum Gasteiger partial charge on any atom is -0.303 e. The molecule has 3 rings (SSSR count). The maximum Gasteiger partial charge on any atom is -0.00156 e. The number of likely N-dealkylation sites (tertiary alicyclic amines) is 1. The summed E-state index contributed by atoms with van der Waals surface area (Å²) < 4.78 is 0. The van der Waals surface area contributed by atoms with Crippen molar-refractivity contribution in [2.75, 3.05) is 19.6 Å². The summed E-state index contributed by atoms with van der Waals surface area (Å²) in [6.45, 7) is 8.23. The fraction of sp³-hybridized carbons (Fsp3) is 0.417. The van der Waals surface area contributed by atoms with Gasteiger partial charge in [-0.1, -0.05) is 61.0 Å². The van der Waals surface area contributed by atoms with Crippen LogP contribution in [0, 0.1) is 13.8 Å². The minimum absolute atomic E-state index is 1.18. The Bertz CT molecular complexity index is 688. The van der Waals surface area contributed by atoms with Gasteiger partial charge < -0.3 is 4.90 Å². The highest BCUT2D eigenvalue weighted by Gasteiger charge is 2.09. The van der Waals surface area contributed by atoms with Gasteiger partial charge in [0, 0.05) is 0 Å². The van der Waals surface area contributed by atoms with E-state index >= 15 is 0 Å². The molecule has 0 amide bonds. The highest BCUT2D eigenvalue weighted by atomic mass is 15.1. The Balaban J connectivity index is 1.58. The summed E-state index contributed by atoms with van der Waals surface area (Å²) in [6.07, 6.45) is 11.2. The molecule has 1 aliphatic rings. The first-order valence-electron chi connectivity index (χ1n) is 9.78. The summed E-state index contributed by atoms with van der Waals surface area (Å²) in [6, 6.07) is 15.5. The summed E-state index contributed by atoms with van der Waals surface area (Å²) in [5.41, 5.74) is 6.79. The number of piperidine rings is 1. The highest BCUT2D eigenvalue weighted by molar-refractivity contribution is 5.72. The summed E-state index contributed by atoms with van der Waals surface area (Å²) in [5, 5.41) is 0. The van der Waals surface area contributed by atoms with Crippen molar-refractivity contribution >= 4 is 12.2 Å². The third-order valence-electron chi connectivity index (χ3n) is 5.32. The summed E-state index contributed by atoms with van der Waals surface area (Å²) in [7, 11) is 0. The van der Waals surface area contributed by atoms with Crippen LogP contribution in [0.25, 0.3) is 12.2 Å². The van der Waals surface area contributed by atoms with Crippen molar-refractivity contribution in [3.63, 3.8) is 0 Å². The molecule has 0 saturated carbocycles. The fourth-order valence-corrected chi connectivity index (χ4v) is 3.81. The van der Waals surface area contributed by atoms with Crippen molar-refractivity contribution in [1.82, 2.24) is 4.90 Å². The van der Waals surface area contributed by atoms with Gasteiger partial charge in [-0.25, -0.2) is 0 Å². The zero-order valence-corrected chi connectivity index (χ0v) is 15.8. The van der Waals surface area contributed by atoms with Gasteiger partial charge in [-0.15, -0.1) is 0 Å². The molecule has 0 radical (unpaired) electrons. The Kier molecular flexibility index (Phi) is 6.47. The molecule has 1 fully saturated rings. The predicted octanol–water partition coefficient (Wildman–Crippen LogP) is 5.89. The molecule has 1 heterocycles. The van der Waals surface area contributed by atoms with Crippen LogP contribution >= 0.6 is 0 Å². The van der Waals surface area contributed by atoms with E-state index in [1.165, 1.54) is 79.6 Å². The van der Waals surface area contributed by atoms with E-state index in [0.29, 0.717) is 0 Å². The van der Waals surface area contributed by atoms with Crippen LogP contribution in [-0.2, 0) is 6.42 Å². The molecule has 1 aliphatic heterocycles. The molecule has 1 heteroatoms. The lowest BCUT2D eigenvalue weighted by Crippen LogP contribution is -2.30. The maximum absolute atomic E-state index is 2.63. The third-order valence-corrected chi connectivity index (χ3v) is 5.32. The van der Waals surface area contributed by atoms with Crippen LogP contribution in [0.15, 0.2) is 42.5 Å². The number of aryl methyl sites for hydroxylation is 3. The summed E-state index contributed by atoms with van der Waals surface area (Å²) in [5.74, 6) is 0. The van der Waals surface area contributed by atoms with E-state index in [0.717, 1.165) is 0 Å². The van der Waals surface area contributed by atoms with E-state index in [9.17, 15) is 0 Å². The second kappa shape index (κ2) is 9.01. The number of rotatable bonds is 6. The van der Waals surface area contributed by atoms with Crippen LogP contribution in [0.4, 0.5) is 0 Å². The molecule has 25 heavy (non-hydrogen) atoms. The summed E-state index contributed by atoms with van der Waals surface area (Å²) >= 11 is 0. The van der Waals surface area contributed by atoms with Crippen molar-refractivity contribution in [1.29, 1.82) is 0 Å². The minimum atomic E-state index is 1.18. The molecule has 2 aromatic rings. The fourth-order valence-electron chi connectivity index (χ4n) is 3.81. The number of hydrogen-bond donors (Lipinski definition) is 0. The van der Waals surface area contributed by atoms with Gasteiger partial charge in [0.2, 0.25) is 0 Å². The van der Waals surface area contributed by atoms with Crippen molar-refractivity contribution in [3.8, 4) is 0 Å². The monoisotopic (exact) mass is 333 g/mol. The van der Waals surface area contributed by atoms with Gasteiger partial charge in [0.15, 0.2) is 0 Å². The van der Waals surface area contributed by atoms with E-state index in [1.54, 1.807) is 0 Å². The van der Waals surface area contributed by atoms with E-state index < -0.39 is 0 Å². The zero-order chi connectivity index (χ0) is 17.5. The Morgan fingerprint density at radius 1 is 0.880 bits per heavy atom. The van der Waals surface area contributed by atoms with Crippen LogP contribution in [0.1, 0.15) is 53.5 Å². The molecule has 2 aromatic carbocycles. The van der Waals surface area contributed by atoms with Gasteiger partial charge in [-0.05, 0) is 87.0 Å². The molecule has 0 atom stereocenters. The van der Waals surface area contributed by atoms with E-state index in [-0.39, 0.29) is 0 Å². The van der Waals surface area contributed by atoms with Crippen LogP contribution in [0.2, 0.25) is 0 Å². The van der Waals surface area contributed by atoms with Crippen LogP contribution in [0.5, 0.6) is 0 Å². The second-order valence-corrected chi connectivity index (χ2v) is 7.39.